The molecule has 0 radical (unpaired) electrons. The number of anilines is 1. The van der Waals surface area contributed by atoms with Crippen LogP contribution in [0.4, 0.5) is 10.2 Å². The van der Waals surface area contributed by atoms with E-state index in [-0.39, 0.29) is 5.75 Å². The lowest BCUT2D eigenvalue weighted by molar-refractivity contribution is -0.138. The monoisotopic (exact) mass is 373 g/mol. The summed E-state index contributed by atoms with van der Waals surface area (Å²) < 4.78 is 19.8. The number of rotatable bonds is 10. The van der Waals surface area contributed by atoms with Crippen LogP contribution in [0.1, 0.15) is 39.0 Å². The minimum absolute atomic E-state index is 0.239. The predicted molar refractivity (Wildman–Crippen MR) is 100 cm³/mol. The Bertz CT molecular complexity index is 796. The van der Waals surface area contributed by atoms with Gasteiger partial charge >= 0.3 is 5.97 Å². The van der Waals surface area contributed by atoms with E-state index < -0.39 is 17.8 Å². The second kappa shape index (κ2) is 8.79. The minimum atomic E-state index is -0.924. The van der Waals surface area contributed by atoms with Crippen LogP contribution < -0.4 is 10.1 Å². The van der Waals surface area contributed by atoms with Gasteiger partial charge in [0, 0.05) is 11.6 Å². The lowest BCUT2D eigenvalue weighted by Crippen LogP contribution is -2.29. The van der Waals surface area contributed by atoms with Crippen LogP contribution in [0.3, 0.4) is 0 Å². The Hall–Kier alpha value is -2.70. The van der Waals surface area contributed by atoms with Crippen LogP contribution in [0, 0.1) is 11.7 Å². The highest BCUT2D eigenvalue weighted by atomic mass is 19.1. The van der Waals surface area contributed by atoms with Crippen molar-refractivity contribution in [2.24, 2.45) is 5.92 Å². The van der Waals surface area contributed by atoms with Crippen molar-refractivity contribution >= 4 is 11.8 Å². The van der Waals surface area contributed by atoms with Crippen molar-refractivity contribution in [3.05, 3.63) is 36.4 Å². The summed E-state index contributed by atoms with van der Waals surface area (Å²) in [5.74, 6) is -0.171. The predicted octanol–water partition coefficient (Wildman–Crippen LogP) is 4.13. The van der Waals surface area contributed by atoms with Crippen LogP contribution in [-0.4, -0.2) is 33.7 Å². The first-order chi connectivity index (χ1) is 13.1. The lowest BCUT2D eigenvalue weighted by Gasteiger charge is -2.15. The highest BCUT2D eigenvalue weighted by Crippen LogP contribution is 2.31. The maximum Gasteiger partial charge on any atom is 0.326 e. The molecule has 7 heteroatoms. The smallest absolute Gasteiger partial charge is 0.326 e. The van der Waals surface area contributed by atoms with E-state index in [1.165, 1.54) is 12.4 Å². The summed E-state index contributed by atoms with van der Waals surface area (Å²) in [7, 11) is 0. The Balaban J connectivity index is 1.72. The van der Waals surface area contributed by atoms with Gasteiger partial charge in [0.25, 0.3) is 0 Å². The molecule has 1 atom stereocenters. The number of hydrogen-bond donors (Lipinski definition) is 2. The number of nitrogens with one attached hydrogen (secondary N) is 1. The molecule has 1 heterocycles. The van der Waals surface area contributed by atoms with Crippen molar-refractivity contribution in [2.75, 3.05) is 11.9 Å². The van der Waals surface area contributed by atoms with Gasteiger partial charge in [0.1, 0.15) is 18.2 Å². The molecule has 1 aromatic carbocycles. The number of ether oxygens (including phenoxy) is 1. The summed E-state index contributed by atoms with van der Waals surface area (Å²) in [4.78, 5) is 19.7. The van der Waals surface area contributed by atoms with E-state index in [0.717, 1.165) is 25.7 Å². The van der Waals surface area contributed by atoms with Crippen LogP contribution in [0.2, 0.25) is 0 Å². The molecule has 1 aliphatic rings. The number of aromatic nitrogens is 2. The van der Waals surface area contributed by atoms with Gasteiger partial charge in [0.05, 0.1) is 12.3 Å². The van der Waals surface area contributed by atoms with Crippen molar-refractivity contribution in [1.82, 2.24) is 9.97 Å². The molecule has 0 saturated heterocycles. The number of carbonyl (C=O) groups is 1. The van der Waals surface area contributed by atoms with E-state index in [1.807, 2.05) is 6.92 Å². The summed E-state index contributed by atoms with van der Waals surface area (Å²) in [6.45, 7) is 2.56. The SMILES string of the molecule is CCCCC(Nc1cc(-c2ccc(OCC3CC3)c(F)c2)ncn1)C(=O)O. The second-order valence-electron chi connectivity index (χ2n) is 6.87. The molecule has 0 bridgehead atoms. The molecule has 3 rings (SSSR count). The average Bonchev–Trinajstić information content (AvgIpc) is 3.48. The number of halogens is 1. The zero-order valence-electron chi connectivity index (χ0n) is 15.3. The maximum absolute atomic E-state index is 14.3. The molecular formula is C20H24FN3O3. The fourth-order valence-corrected chi connectivity index (χ4v) is 2.71. The van der Waals surface area contributed by atoms with Gasteiger partial charge in [-0.1, -0.05) is 19.8 Å². The molecule has 144 valence electrons. The van der Waals surface area contributed by atoms with Crippen molar-refractivity contribution in [3.8, 4) is 17.0 Å². The first-order valence-corrected chi connectivity index (χ1v) is 9.31. The van der Waals surface area contributed by atoms with E-state index in [2.05, 4.69) is 15.3 Å². The van der Waals surface area contributed by atoms with Gasteiger partial charge in [0.15, 0.2) is 11.6 Å². The number of hydrogen-bond acceptors (Lipinski definition) is 5. The van der Waals surface area contributed by atoms with Crippen LogP contribution in [0.15, 0.2) is 30.6 Å². The Kier molecular flexibility index (Phi) is 6.21. The third-order valence-electron chi connectivity index (χ3n) is 4.53. The van der Waals surface area contributed by atoms with Crippen LogP contribution in [0.25, 0.3) is 11.3 Å². The van der Waals surface area contributed by atoms with Gasteiger partial charge in [-0.15, -0.1) is 0 Å². The zero-order chi connectivity index (χ0) is 19.2. The standard InChI is InChI=1S/C20H24FN3O3/c1-2-3-4-16(20(25)26)24-19-10-17(22-12-23-19)14-7-8-18(15(21)9-14)27-11-13-5-6-13/h7-10,12-13,16H,2-6,11H2,1H3,(H,25,26)(H,22,23,24). The quantitative estimate of drug-likeness (QED) is 0.651. The van der Waals surface area contributed by atoms with Gasteiger partial charge < -0.3 is 15.2 Å². The lowest BCUT2D eigenvalue weighted by atomic mass is 10.1. The number of aliphatic carboxylic acids is 1. The fourth-order valence-electron chi connectivity index (χ4n) is 2.71. The van der Waals surface area contributed by atoms with Crippen LogP contribution in [0.5, 0.6) is 5.75 Å². The van der Waals surface area contributed by atoms with Crippen LogP contribution >= 0.6 is 0 Å². The Morgan fingerprint density at radius 2 is 2.19 bits per heavy atom. The first-order valence-electron chi connectivity index (χ1n) is 9.31. The Labute approximate surface area is 157 Å². The zero-order valence-corrected chi connectivity index (χ0v) is 15.3. The van der Waals surface area contributed by atoms with Gasteiger partial charge in [-0.3, -0.25) is 0 Å². The van der Waals surface area contributed by atoms with Gasteiger partial charge in [-0.25, -0.2) is 19.2 Å². The van der Waals surface area contributed by atoms with Gasteiger partial charge in [0.2, 0.25) is 0 Å². The molecule has 0 spiro atoms. The highest BCUT2D eigenvalue weighted by Gasteiger charge is 2.22. The summed E-state index contributed by atoms with van der Waals surface area (Å²) in [6, 6.07) is 5.62. The van der Waals surface area contributed by atoms with Crippen LogP contribution in [-0.2, 0) is 4.79 Å². The molecule has 6 nitrogen and oxygen atoms in total. The highest BCUT2D eigenvalue weighted by molar-refractivity contribution is 5.77. The largest absolute Gasteiger partial charge is 0.490 e. The molecular weight excluding hydrogens is 349 g/mol. The summed E-state index contributed by atoms with van der Waals surface area (Å²) in [6.07, 6.45) is 5.85. The van der Waals surface area contributed by atoms with Crippen molar-refractivity contribution in [3.63, 3.8) is 0 Å². The third-order valence-corrected chi connectivity index (χ3v) is 4.53. The van der Waals surface area contributed by atoms with Crippen molar-refractivity contribution in [1.29, 1.82) is 0 Å². The third kappa shape index (κ3) is 5.39. The molecule has 1 unspecified atom stereocenters. The molecule has 27 heavy (non-hydrogen) atoms. The number of carboxylic acid groups (broad SMARTS) is 1. The molecule has 1 aromatic heterocycles. The summed E-state index contributed by atoms with van der Waals surface area (Å²) in [5, 5.41) is 12.3. The summed E-state index contributed by atoms with van der Waals surface area (Å²) >= 11 is 0. The molecule has 2 N–H and O–H groups in total. The number of nitrogens with zero attached hydrogens (tertiary/aromatic N) is 2. The molecule has 2 aromatic rings. The normalized spacial score (nSPS) is 14.6. The van der Waals surface area contributed by atoms with Gasteiger partial charge in [-0.05, 0) is 43.4 Å². The van der Waals surface area contributed by atoms with E-state index in [4.69, 9.17) is 4.74 Å². The minimum Gasteiger partial charge on any atom is -0.490 e. The van der Waals surface area contributed by atoms with E-state index in [0.29, 0.717) is 36.0 Å². The van der Waals surface area contributed by atoms with E-state index in [9.17, 15) is 14.3 Å². The van der Waals surface area contributed by atoms with Crippen molar-refractivity contribution < 1.29 is 19.0 Å². The maximum atomic E-state index is 14.3. The second-order valence-corrected chi connectivity index (χ2v) is 6.87. The number of benzene rings is 1. The Morgan fingerprint density at radius 1 is 1.37 bits per heavy atom. The molecule has 0 amide bonds. The molecule has 1 aliphatic carbocycles. The first kappa shape index (κ1) is 19.1. The van der Waals surface area contributed by atoms with E-state index in [1.54, 1.807) is 18.2 Å². The Morgan fingerprint density at radius 3 is 2.85 bits per heavy atom. The molecule has 0 aliphatic heterocycles. The fraction of sp³-hybridized carbons (Fsp3) is 0.450. The number of unbranched alkanes of at least 4 members (excludes halogenated alkanes) is 1. The molecule has 1 saturated carbocycles. The topological polar surface area (TPSA) is 84.3 Å². The van der Waals surface area contributed by atoms with E-state index >= 15 is 0 Å². The van der Waals surface area contributed by atoms with Gasteiger partial charge in [-0.2, -0.15) is 0 Å². The number of carboxylic acids is 1. The molecule has 1 fully saturated rings. The summed E-state index contributed by atoms with van der Waals surface area (Å²) in [5.41, 5.74) is 1.09. The average molecular weight is 373 g/mol. The van der Waals surface area contributed by atoms with Crippen molar-refractivity contribution in [2.45, 2.75) is 45.1 Å².